The summed E-state index contributed by atoms with van der Waals surface area (Å²) in [6.45, 7) is 2.02. The molecule has 1 aromatic carbocycles. The highest BCUT2D eigenvalue weighted by Crippen LogP contribution is 2.24. The summed E-state index contributed by atoms with van der Waals surface area (Å²) in [5.74, 6) is 0. The number of para-hydroxylation sites is 1. The van der Waals surface area contributed by atoms with E-state index in [9.17, 15) is 0 Å². The molecule has 2 rings (SSSR count). The van der Waals surface area contributed by atoms with Gasteiger partial charge in [0.25, 0.3) is 0 Å². The van der Waals surface area contributed by atoms with Crippen LogP contribution in [0.5, 0.6) is 0 Å². The van der Waals surface area contributed by atoms with Gasteiger partial charge in [-0.1, -0.05) is 12.1 Å². The van der Waals surface area contributed by atoms with Gasteiger partial charge in [-0.3, -0.25) is 0 Å². The fourth-order valence-electron chi connectivity index (χ4n) is 1.65. The van der Waals surface area contributed by atoms with E-state index in [-0.39, 0.29) is 5.57 Å². The first-order valence-electron chi connectivity index (χ1n) is 5.10. The molecule has 0 aliphatic heterocycles. The van der Waals surface area contributed by atoms with E-state index in [2.05, 4.69) is 10.3 Å². The van der Waals surface area contributed by atoms with Crippen LogP contribution in [-0.4, -0.2) is 4.98 Å². The van der Waals surface area contributed by atoms with Gasteiger partial charge in [0, 0.05) is 17.8 Å². The van der Waals surface area contributed by atoms with Crippen molar-refractivity contribution in [3.8, 4) is 12.1 Å². The molecule has 0 saturated heterocycles. The Kier molecular flexibility index (Phi) is 2.81. The SMILES string of the molecule is Cc1c[nH]c2c(NC=C(C#N)C#N)cccc12. The van der Waals surface area contributed by atoms with Crippen molar-refractivity contribution in [2.75, 3.05) is 5.32 Å². The van der Waals surface area contributed by atoms with Crippen molar-refractivity contribution in [3.05, 3.63) is 41.7 Å². The molecule has 0 amide bonds. The van der Waals surface area contributed by atoms with Crippen LogP contribution in [0.25, 0.3) is 10.9 Å². The Bertz CT molecular complexity index is 649. The third-order valence-corrected chi connectivity index (χ3v) is 2.54. The van der Waals surface area contributed by atoms with Crippen LogP contribution >= 0.6 is 0 Å². The minimum absolute atomic E-state index is 0.0466. The third kappa shape index (κ3) is 1.97. The van der Waals surface area contributed by atoms with Crippen molar-refractivity contribution < 1.29 is 0 Å². The van der Waals surface area contributed by atoms with Gasteiger partial charge in [0.1, 0.15) is 17.7 Å². The molecule has 0 bridgehead atoms. The van der Waals surface area contributed by atoms with Crippen LogP contribution in [0.15, 0.2) is 36.2 Å². The fourth-order valence-corrected chi connectivity index (χ4v) is 1.65. The predicted molar refractivity (Wildman–Crippen MR) is 66.0 cm³/mol. The van der Waals surface area contributed by atoms with Crippen LogP contribution in [-0.2, 0) is 0 Å². The highest BCUT2D eigenvalue weighted by Gasteiger charge is 2.03. The van der Waals surface area contributed by atoms with Crippen LogP contribution in [0.1, 0.15) is 5.56 Å². The van der Waals surface area contributed by atoms with Crippen LogP contribution in [0, 0.1) is 29.6 Å². The molecule has 2 aromatic rings. The summed E-state index contributed by atoms with van der Waals surface area (Å²) in [7, 11) is 0. The smallest absolute Gasteiger partial charge is 0.145 e. The zero-order valence-electron chi connectivity index (χ0n) is 9.28. The summed E-state index contributed by atoms with van der Waals surface area (Å²) < 4.78 is 0. The summed E-state index contributed by atoms with van der Waals surface area (Å²) in [5.41, 5.74) is 3.02. The number of allylic oxidation sites excluding steroid dienone is 1. The van der Waals surface area contributed by atoms with E-state index in [1.807, 2.05) is 31.3 Å². The van der Waals surface area contributed by atoms with Gasteiger partial charge >= 0.3 is 0 Å². The monoisotopic (exact) mass is 222 g/mol. The molecule has 0 aliphatic rings. The molecule has 2 N–H and O–H groups in total. The molecule has 0 fully saturated rings. The summed E-state index contributed by atoms with van der Waals surface area (Å²) in [6, 6.07) is 9.44. The van der Waals surface area contributed by atoms with Crippen molar-refractivity contribution in [2.24, 2.45) is 0 Å². The molecule has 0 aliphatic carbocycles. The van der Waals surface area contributed by atoms with Gasteiger partial charge in [-0.2, -0.15) is 10.5 Å². The van der Waals surface area contributed by atoms with Crippen molar-refractivity contribution >= 4 is 16.6 Å². The number of aryl methyl sites for hydroxylation is 1. The lowest BCUT2D eigenvalue weighted by molar-refractivity contribution is 1.42. The Balaban J connectivity index is 2.41. The average molecular weight is 222 g/mol. The number of hydrogen-bond acceptors (Lipinski definition) is 3. The van der Waals surface area contributed by atoms with Crippen LogP contribution < -0.4 is 5.32 Å². The topological polar surface area (TPSA) is 75.4 Å². The maximum Gasteiger partial charge on any atom is 0.145 e. The summed E-state index contributed by atoms with van der Waals surface area (Å²) in [6.07, 6.45) is 3.33. The van der Waals surface area contributed by atoms with E-state index in [4.69, 9.17) is 10.5 Å². The number of nitrogens with zero attached hydrogens (tertiary/aromatic N) is 2. The number of fused-ring (bicyclic) bond motifs is 1. The van der Waals surface area contributed by atoms with Crippen molar-refractivity contribution in [1.82, 2.24) is 4.98 Å². The second-order valence-corrected chi connectivity index (χ2v) is 3.63. The Hall–Kier alpha value is -2.72. The first kappa shape index (κ1) is 10.8. The Morgan fingerprint density at radius 2 is 2.12 bits per heavy atom. The zero-order valence-corrected chi connectivity index (χ0v) is 9.28. The normalized spacial score (nSPS) is 9.35. The molecule has 0 atom stereocenters. The Labute approximate surface area is 98.8 Å². The highest BCUT2D eigenvalue weighted by atomic mass is 14.9. The maximum absolute atomic E-state index is 8.63. The summed E-state index contributed by atoms with van der Waals surface area (Å²) in [5, 5.41) is 21.4. The quantitative estimate of drug-likeness (QED) is 0.767. The van der Waals surface area contributed by atoms with Gasteiger partial charge < -0.3 is 10.3 Å². The van der Waals surface area contributed by atoms with E-state index in [0.717, 1.165) is 22.2 Å². The average Bonchev–Trinajstić information content (AvgIpc) is 2.73. The molecule has 1 aromatic heterocycles. The fraction of sp³-hybridized carbons (Fsp3) is 0.0769. The lowest BCUT2D eigenvalue weighted by Crippen LogP contribution is -1.90. The van der Waals surface area contributed by atoms with Crippen molar-refractivity contribution in [1.29, 1.82) is 10.5 Å². The van der Waals surface area contributed by atoms with Crippen LogP contribution in [0.3, 0.4) is 0 Å². The van der Waals surface area contributed by atoms with E-state index in [1.165, 1.54) is 6.20 Å². The molecule has 4 heteroatoms. The summed E-state index contributed by atoms with van der Waals surface area (Å²) >= 11 is 0. The first-order valence-corrected chi connectivity index (χ1v) is 5.10. The van der Waals surface area contributed by atoms with E-state index in [0.29, 0.717) is 0 Å². The molecular formula is C13H10N4. The number of rotatable bonds is 2. The molecule has 0 radical (unpaired) electrons. The molecule has 82 valence electrons. The first-order chi connectivity index (χ1) is 8.26. The second kappa shape index (κ2) is 4.42. The molecular weight excluding hydrogens is 212 g/mol. The number of aromatic amines is 1. The van der Waals surface area contributed by atoms with Gasteiger partial charge in [-0.15, -0.1) is 0 Å². The summed E-state index contributed by atoms with van der Waals surface area (Å²) in [4.78, 5) is 3.16. The number of aromatic nitrogens is 1. The molecule has 4 nitrogen and oxygen atoms in total. The minimum Gasteiger partial charge on any atom is -0.359 e. The number of H-pyrrole nitrogens is 1. The van der Waals surface area contributed by atoms with E-state index >= 15 is 0 Å². The molecule has 0 spiro atoms. The van der Waals surface area contributed by atoms with Crippen molar-refractivity contribution in [2.45, 2.75) is 6.92 Å². The number of hydrogen-bond donors (Lipinski definition) is 2. The Morgan fingerprint density at radius 3 is 2.82 bits per heavy atom. The number of benzene rings is 1. The zero-order chi connectivity index (χ0) is 12.3. The van der Waals surface area contributed by atoms with Gasteiger partial charge in [-0.25, -0.2) is 0 Å². The van der Waals surface area contributed by atoms with Crippen LogP contribution in [0.2, 0.25) is 0 Å². The second-order valence-electron chi connectivity index (χ2n) is 3.63. The van der Waals surface area contributed by atoms with Gasteiger partial charge in [0.05, 0.1) is 11.2 Å². The standard InChI is InChI=1S/C13H10N4/c1-9-7-17-13-11(9)3-2-4-12(13)16-8-10(5-14)6-15/h2-4,7-8,16-17H,1H3. The number of nitrogens with one attached hydrogen (secondary N) is 2. The predicted octanol–water partition coefficient (Wildman–Crippen LogP) is 2.82. The van der Waals surface area contributed by atoms with E-state index < -0.39 is 0 Å². The largest absolute Gasteiger partial charge is 0.359 e. The van der Waals surface area contributed by atoms with Crippen molar-refractivity contribution in [3.63, 3.8) is 0 Å². The van der Waals surface area contributed by atoms with Gasteiger partial charge in [0.2, 0.25) is 0 Å². The highest BCUT2D eigenvalue weighted by molar-refractivity contribution is 5.93. The third-order valence-electron chi connectivity index (χ3n) is 2.54. The molecule has 17 heavy (non-hydrogen) atoms. The van der Waals surface area contributed by atoms with Gasteiger partial charge in [-0.05, 0) is 18.6 Å². The Morgan fingerprint density at radius 1 is 1.35 bits per heavy atom. The number of nitriles is 2. The van der Waals surface area contributed by atoms with Crippen LogP contribution in [0.4, 0.5) is 5.69 Å². The molecule has 0 unspecified atom stereocenters. The molecule has 1 heterocycles. The minimum atomic E-state index is 0.0466. The van der Waals surface area contributed by atoms with E-state index in [1.54, 1.807) is 12.1 Å². The number of anilines is 1. The maximum atomic E-state index is 8.63. The van der Waals surface area contributed by atoms with Gasteiger partial charge in [0.15, 0.2) is 0 Å². The molecule has 0 saturated carbocycles. The lowest BCUT2D eigenvalue weighted by atomic mass is 10.2. The lowest BCUT2D eigenvalue weighted by Gasteiger charge is -2.02.